The quantitative estimate of drug-likeness (QED) is 0.846. The standard InChI is InChI=1S/C16H22N2/c1-12-14(10-9-13-6-4-5-11-17-13)15-7-2-3-8-16(15)18-12/h2-3,7-8,13,17-18H,4-6,9-11H2,1H3. The van der Waals surface area contributed by atoms with Gasteiger partial charge in [0.15, 0.2) is 0 Å². The first kappa shape index (κ1) is 11.8. The lowest BCUT2D eigenvalue weighted by atomic mass is 9.97. The number of nitrogens with one attached hydrogen (secondary N) is 2. The number of hydrogen-bond acceptors (Lipinski definition) is 1. The maximum atomic E-state index is 3.64. The number of aryl methyl sites for hydroxylation is 2. The van der Waals surface area contributed by atoms with E-state index in [4.69, 9.17) is 0 Å². The number of piperidine rings is 1. The minimum Gasteiger partial charge on any atom is -0.358 e. The summed E-state index contributed by atoms with van der Waals surface area (Å²) in [7, 11) is 0. The van der Waals surface area contributed by atoms with E-state index in [0.717, 1.165) is 6.04 Å². The molecule has 0 radical (unpaired) electrons. The molecule has 2 nitrogen and oxygen atoms in total. The van der Waals surface area contributed by atoms with Crippen LogP contribution in [0.4, 0.5) is 0 Å². The van der Waals surface area contributed by atoms with E-state index in [9.17, 15) is 0 Å². The molecule has 3 rings (SSSR count). The van der Waals surface area contributed by atoms with Gasteiger partial charge in [0, 0.05) is 22.6 Å². The van der Waals surface area contributed by atoms with Gasteiger partial charge in [0.25, 0.3) is 0 Å². The van der Waals surface area contributed by atoms with E-state index in [1.54, 1.807) is 0 Å². The smallest absolute Gasteiger partial charge is 0.0458 e. The summed E-state index contributed by atoms with van der Waals surface area (Å²) in [5.74, 6) is 0. The lowest BCUT2D eigenvalue weighted by Gasteiger charge is -2.23. The molecule has 1 aromatic heterocycles. The Hall–Kier alpha value is -1.28. The third-order valence-electron chi connectivity index (χ3n) is 4.18. The highest BCUT2D eigenvalue weighted by Crippen LogP contribution is 2.24. The number of hydrogen-bond donors (Lipinski definition) is 2. The summed E-state index contributed by atoms with van der Waals surface area (Å²) in [4.78, 5) is 3.49. The molecule has 1 aromatic carbocycles. The first-order valence-electron chi connectivity index (χ1n) is 7.14. The Kier molecular flexibility index (Phi) is 3.37. The summed E-state index contributed by atoms with van der Waals surface area (Å²) in [6.07, 6.45) is 6.55. The maximum absolute atomic E-state index is 3.64. The molecular formula is C16H22N2. The molecule has 2 aromatic rings. The van der Waals surface area contributed by atoms with Crippen molar-refractivity contribution in [2.24, 2.45) is 0 Å². The van der Waals surface area contributed by atoms with E-state index >= 15 is 0 Å². The fourth-order valence-electron chi connectivity index (χ4n) is 3.15. The van der Waals surface area contributed by atoms with Crippen molar-refractivity contribution >= 4 is 10.9 Å². The van der Waals surface area contributed by atoms with Crippen molar-refractivity contribution in [2.45, 2.75) is 45.1 Å². The summed E-state index contributed by atoms with van der Waals surface area (Å²) in [5, 5.41) is 5.05. The summed E-state index contributed by atoms with van der Waals surface area (Å²) in [6.45, 7) is 3.40. The average molecular weight is 242 g/mol. The van der Waals surface area contributed by atoms with Crippen LogP contribution < -0.4 is 5.32 Å². The number of para-hydroxylation sites is 1. The molecule has 0 bridgehead atoms. The van der Waals surface area contributed by atoms with Crippen molar-refractivity contribution in [3.8, 4) is 0 Å². The van der Waals surface area contributed by atoms with E-state index in [2.05, 4.69) is 41.5 Å². The highest BCUT2D eigenvalue weighted by molar-refractivity contribution is 5.84. The summed E-state index contributed by atoms with van der Waals surface area (Å²) in [6, 6.07) is 9.38. The van der Waals surface area contributed by atoms with E-state index in [1.807, 2.05) is 0 Å². The van der Waals surface area contributed by atoms with Crippen molar-refractivity contribution in [1.82, 2.24) is 10.3 Å². The molecule has 1 aliphatic heterocycles. The van der Waals surface area contributed by atoms with E-state index in [0.29, 0.717) is 0 Å². The molecule has 1 fully saturated rings. The Morgan fingerprint density at radius 2 is 2.11 bits per heavy atom. The van der Waals surface area contributed by atoms with Crippen LogP contribution in [0, 0.1) is 6.92 Å². The van der Waals surface area contributed by atoms with Gasteiger partial charge in [0.1, 0.15) is 0 Å². The largest absolute Gasteiger partial charge is 0.358 e. The predicted octanol–water partition coefficient (Wildman–Crippen LogP) is 3.55. The molecule has 1 saturated heterocycles. The number of benzene rings is 1. The molecule has 2 heterocycles. The molecule has 96 valence electrons. The molecule has 0 aliphatic carbocycles. The van der Waals surface area contributed by atoms with Gasteiger partial charge in [-0.1, -0.05) is 24.6 Å². The van der Waals surface area contributed by atoms with E-state index < -0.39 is 0 Å². The van der Waals surface area contributed by atoms with Crippen LogP contribution in [-0.4, -0.2) is 17.6 Å². The zero-order valence-electron chi connectivity index (χ0n) is 11.1. The van der Waals surface area contributed by atoms with Crippen molar-refractivity contribution in [2.75, 3.05) is 6.54 Å². The minimum atomic E-state index is 0.729. The first-order valence-corrected chi connectivity index (χ1v) is 7.14. The number of aromatic amines is 1. The number of fused-ring (bicyclic) bond motifs is 1. The van der Waals surface area contributed by atoms with Crippen LogP contribution in [0.1, 0.15) is 36.9 Å². The molecule has 0 spiro atoms. The lowest BCUT2D eigenvalue weighted by molar-refractivity contribution is 0.383. The zero-order chi connectivity index (χ0) is 12.4. The first-order chi connectivity index (χ1) is 8.84. The molecule has 2 N–H and O–H groups in total. The Morgan fingerprint density at radius 1 is 1.22 bits per heavy atom. The second-order valence-electron chi connectivity index (χ2n) is 5.46. The summed E-state index contributed by atoms with van der Waals surface area (Å²) in [5.41, 5.74) is 4.13. The molecular weight excluding hydrogens is 220 g/mol. The fourth-order valence-corrected chi connectivity index (χ4v) is 3.15. The van der Waals surface area contributed by atoms with E-state index in [1.165, 1.54) is 60.8 Å². The maximum Gasteiger partial charge on any atom is 0.0458 e. The van der Waals surface area contributed by atoms with Gasteiger partial charge < -0.3 is 10.3 Å². The fraction of sp³-hybridized carbons (Fsp3) is 0.500. The Balaban J connectivity index is 1.75. The SMILES string of the molecule is Cc1[nH]c2ccccc2c1CCC1CCCCN1. The number of rotatable bonds is 3. The van der Waals surface area contributed by atoms with Crippen LogP contribution in [0.5, 0.6) is 0 Å². The summed E-state index contributed by atoms with van der Waals surface area (Å²) >= 11 is 0. The van der Waals surface area contributed by atoms with E-state index in [-0.39, 0.29) is 0 Å². The number of aromatic nitrogens is 1. The van der Waals surface area contributed by atoms with Crippen LogP contribution in [-0.2, 0) is 6.42 Å². The van der Waals surface area contributed by atoms with Gasteiger partial charge in [-0.2, -0.15) is 0 Å². The van der Waals surface area contributed by atoms with Gasteiger partial charge in [-0.05, 0) is 50.8 Å². The molecule has 1 aliphatic rings. The zero-order valence-corrected chi connectivity index (χ0v) is 11.1. The van der Waals surface area contributed by atoms with Crippen LogP contribution >= 0.6 is 0 Å². The van der Waals surface area contributed by atoms with Gasteiger partial charge >= 0.3 is 0 Å². The third kappa shape index (κ3) is 2.30. The number of H-pyrrole nitrogens is 1. The predicted molar refractivity (Wildman–Crippen MR) is 77.0 cm³/mol. The van der Waals surface area contributed by atoms with Gasteiger partial charge in [-0.25, -0.2) is 0 Å². The normalized spacial score (nSPS) is 20.4. The molecule has 1 atom stereocenters. The van der Waals surface area contributed by atoms with Gasteiger partial charge in [-0.15, -0.1) is 0 Å². The molecule has 18 heavy (non-hydrogen) atoms. The Bertz CT molecular complexity index is 521. The van der Waals surface area contributed by atoms with Crippen molar-refractivity contribution in [3.63, 3.8) is 0 Å². The monoisotopic (exact) mass is 242 g/mol. The van der Waals surface area contributed by atoms with Crippen LogP contribution in [0.15, 0.2) is 24.3 Å². The molecule has 0 amide bonds. The van der Waals surface area contributed by atoms with Gasteiger partial charge in [-0.3, -0.25) is 0 Å². The van der Waals surface area contributed by atoms with Crippen LogP contribution in [0.25, 0.3) is 10.9 Å². The van der Waals surface area contributed by atoms with Crippen LogP contribution in [0.2, 0.25) is 0 Å². The van der Waals surface area contributed by atoms with Gasteiger partial charge in [0.2, 0.25) is 0 Å². The highest BCUT2D eigenvalue weighted by atomic mass is 14.9. The summed E-state index contributed by atoms with van der Waals surface area (Å²) < 4.78 is 0. The topological polar surface area (TPSA) is 27.8 Å². The highest BCUT2D eigenvalue weighted by Gasteiger charge is 2.14. The van der Waals surface area contributed by atoms with Gasteiger partial charge in [0.05, 0.1) is 0 Å². The second kappa shape index (κ2) is 5.15. The molecule has 0 saturated carbocycles. The van der Waals surface area contributed by atoms with Crippen molar-refractivity contribution in [1.29, 1.82) is 0 Å². The van der Waals surface area contributed by atoms with Crippen molar-refractivity contribution < 1.29 is 0 Å². The second-order valence-corrected chi connectivity index (χ2v) is 5.46. The molecule has 2 heteroatoms. The van der Waals surface area contributed by atoms with Crippen LogP contribution in [0.3, 0.4) is 0 Å². The Morgan fingerprint density at radius 3 is 2.94 bits per heavy atom. The molecule has 1 unspecified atom stereocenters. The minimum absolute atomic E-state index is 0.729. The third-order valence-corrected chi connectivity index (χ3v) is 4.18. The van der Waals surface area contributed by atoms with Crippen molar-refractivity contribution in [3.05, 3.63) is 35.5 Å². The average Bonchev–Trinajstić information content (AvgIpc) is 2.73. The Labute approximate surface area is 109 Å². The lowest BCUT2D eigenvalue weighted by Crippen LogP contribution is -2.34.